The van der Waals surface area contributed by atoms with Gasteiger partial charge < -0.3 is 20.1 Å². The monoisotopic (exact) mass is 572 g/mol. The van der Waals surface area contributed by atoms with Crippen LogP contribution in [0, 0.1) is 0 Å². The maximum absolute atomic E-state index is 7.02. The zero-order valence-electron chi connectivity index (χ0n) is 22.0. The van der Waals surface area contributed by atoms with Crippen molar-refractivity contribution in [1.82, 2.24) is 20.6 Å². The van der Waals surface area contributed by atoms with Crippen LogP contribution in [0.2, 0.25) is 10.0 Å². The van der Waals surface area contributed by atoms with E-state index < -0.39 is 0 Å². The van der Waals surface area contributed by atoms with Crippen molar-refractivity contribution in [3.05, 3.63) is 82.0 Å². The van der Waals surface area contributed by atoms with Crippen molar-refractivity contribution < 1.29 is 9.47 Å². The van der Waals surface area contributed by atoms with Crippen LogP contribution >= 0.6 is 23.2 Å². The van der Waals surface area contributed by atoms with Gasteiger partial charge >= 0.3 is 0 Å². The topological polar surface area (TPSA) is 93.0 Å². The predicted octanol–water partition coefficient (Wildman–Crippen LogP) is 5.50. The number of ether oxygens (including phenoxy) is 2. The number of hydrogen-bond donors (Lipinski definition) is 2. The first-order valence-corrected chi connectivity index (χ1v) is 13.6. The third-order valence-electron chi connectivity index (χ3n) is 6.84. The molecule has 4 heterocycles. The van der Waals surface area contributed by atoms with Crippen LogP contribution in [0.4, 0.5) is 0 Å². The minimum absolute atomic E-state index is 0.479. The van der Waals surface area contributed by atoms with Gasteiger partial charge in [-0.25, -0.2) is 4.98 Å². The van der Waals surface area contributed by atoms with Gasteiger partial charge in [0.2, 0.25) is 5.88 Å². The van der Waals surface area contributed by atoms with Crippen LogP contribution in [0.5, 0.6) is 11.6 Å². The highest BCUT2D eigenvalue weighted by Crippen LogP contribution is 2.42. The van der Waals surface area contributed by atoms with E-state index >= 15 is 0 Å². The number of aromatic nitrogens is 2. The van der Waals surface area contributed by atoms with E-state index in [0.29, 0.717) is 33.1 Å². The molecule has 40 heavy (non-hydrogen) atoms. The predicted molar refractivity (Wildman–Crippen MR) is 160 cm³/mol. The fourth-order valence-electron chi connectivity index (χ4n) is 4.91. The van der Waals surface area contributed by atoms with Crippen molar-refractivity contribution in [3.63, 3.8) is 0 Å². The molecule has 0 atom stereocenters. The summed E-state index contributed by atoms with van der Waals surface area (Å²) in [7, 11) is 3.24. The number of pyridine rings is 2. The Morgan fingerprint density at radius 2 is 1.43 bits per heavy atom. The van der Waals surface area contributed by atoms with E-state index in [9.17, 15) is 0 Å². The number of nitrogens with zero attached hydrogens (tertiary/aromatic N) is 4. The van der Waals surface area contributed by atoms with Gasteiger partial charge in [0.1, 0.15) is 17.4 Å². The number of halogens is 2. The van der Waals surface area contributed by atoms with Gasteiger partial charge in [-0.2, -0.15) is 0 Å². The highest BCUT2D eigenvalue weighted by molar-refractivity contribution is 6.39. The minimum Gasteiger partial charge on any atom is -0.496 e. The summed E-state index contributed by atoms with van der Waals surface area (Å²) in [4.78, 5) is 18.3. The molecule has 0 amide bonds. The van der Waals surface area contributed by atoms with Gasteiger partial charge in [-0.3, -0.25) is 15.0 Å². The van der Waals surface area contributed by atoms with Crippen LogP contribution in [0.3, 0.4) is 0 Å². The fourth-order valence-corrected chi connectivity index (χ4v) is 5.56. The number of nitrogens with one attached hydrogen (secondary N) is 2. The lowest BCUT2D eigenvalue weighted by Gasteiger charge is -2.15. The average molecular weight is 573 g/mol. The minimum atomic E-state index is 0.479. The Bertz CT molecular complexity index is 1550. The van der Waals surface area contributed by atoms with Crippen molar-refractivity contribution >= 4 is 34.9 Å². The number of hydrogen-bond acceptors (Lipinski definition) is 8. The number of amidine groups is 2. The van der Waals surface area contributed by atoms with Gasteiger partial charge in [-0.1, -0.05) is 47.5 Å². The molecule has 0 spiro atoms. The Hall–Kier alpha value is -4.14. The quantitative estimate of drug-likeness (QED) is 0.303. The summed E-state index contributed by atoms with van der Waals surface area (Å²) < 4.78 is 11.3. The first kappa shape index (κ1) is 26.1. The highest BCUT2D eigenvalue weighted by atomic mass is 35.5. The smallest absolute Gasteiger partial charge is 0.224 e. The maximum Gasteiger partial charge on any atom is 0.224 e. The number of aliphatic imine (C=N–C) groups is 2. The van der Waals surface area contributed by atoms with E-state index in [1.54, 1.807) is 20.4 Å². The molecule has 6 rings (SSSR count). The summed E-state index contributed by atoms with van der Waals surface area (Å²) in [6.07, 6.45) is 1.73. The molecule has 4 aromatic rings. The molecule has 0 saturated carbocycles. The van der Waals surface area contributed by atoms with Crippen LogP contribution in [0.15, 0.2) is 70.8 Å². The largest absolute Gasteiger partial charge is 0.496 e. The Labute approximate surface area is 242 Å². The lowest BCUT2D eigenvalue weighted by molar-refractivity contribution is 0.397. The normalized spacial score (nSPS) is 14.3. The second-order valence-electron chi connectivity index (χ2n) is 9.17. The van der Waals surface area contributed by atoms with E-state index in [1.165, 1.54) is 0 Å². The van der Waals surface area contributed by atoms with Gasteiger partial charge in [-0.05, 0) is 30.3 Å². The molecule has 2 aromatic heterocycles. The van der Waals surface area contributed by atoms with Crippen LogP contribution in [-0.4, -0.2) is 62.0 Å². The van der Waals surface area contributed by atoms with E-state index in [1.807, 2.05) is 54.6 Å². The molecule has 0 bridgehead atoms. The molecule has 2 N–H and O–H groups in total. The summed E-state index contributed by atoms with van der Waals surface area (Å²) in [5, 5.41) is 7.57. The summed E-state index contributed by atoms with van der Waals surface area (Å²) in [6, 6.07) is 17.4. The summed E-state index contributed by atoms with van der Waals surface area (Å²) in [6.45, 7) is 3.08. The van der Waals surface area contributed by atoms with Crippen LogP contribution in [0.1, 0.15) is 11.1 Å². The zero-order chi connectivity index (χ0) is 27.6. The highest BCUT2D eigenvalue weighted by Gasteiger charge is 2.21. The molecule has 2 aromatic carbocycles. The van der Waals surface area contributed by atoms with E-state index in [-0.39, 0.29) is 0 Å². The Kier molecular flexibility index (Phi) is 7.28. The van der Waals surface area contributed by atoms with Gasteiger partial charge in [0.25, 0.3) is 0 Å². The number of methoxy groups -OCH3 is 2. The molecule has 0 unspecified atom stereocenters. The first-order chi connectivity index (χ1) is 19.6. The standard InChI is InChI=1S/C30H26Cl2N6O2/c1-39-24-16-17(6-7-21(24)28-34-12-13-35-28)27-26(32)19(10-11-33-27)18-4-3-5-20(25(18)31)23-9-8-22(30(38-23)40-2)29-36-14-15-37-29/h3-11,16H,12-15H2,1-2H3,(H,34,35)(H,36,37). The summed E-state index contributed by atoms with van der Waals surface area (Å²) >= 11 is 14.0. The molecule has 0 fully saturated rings. The zero-order valence-corrected chi connectivity index (χ0v) is 23.5. The van der Waals surface area contributed by atoms with Crippen molar-refractivity contribution in [2.75, 3.05) is 40.4 Å². The summed E-state index contributed by atoms with van der Waals surface area (Å²) in [5.74, 6) is 2.78. The lowest BCUT2D eigenvalue weighted by atomic mass is 9.99. The van der Waals surface area contributed by atoms with E-state index in [4.69, 9.17) is 37.7 Å². The molecule has 0 aliphatic carbocycles. The molecule has 10 heteroatoms. The molecule has 0 radical (unpaired) electrons. The fraction of sp³-hybridized carbons (Fsp3) is 0.200. The molecule has 202 valence electrons. The second-order valence-corrected chi connectivity index (χ2v) is 9.93. The van der Waals surface area contributed by atoms with Gasteiger partial charge in [-0.15, -0.1) is 0 Å². The lowest BCUT2D eigenvalue weighted by Crippen LogP contribution is -2.20. The molecule has 8 nitrogen and oxygen atoms in total. The van der Waals surface area contributed by atoms with E-state index in [0.717, 1.165) is 71.2 Å². The van der Waals surface area contributed by atoms with Crippen molar-refractivity contribution in [1.29, 1.82) is 0 Å². The summed E-state index contributed by atoms with van der Waals surface area (Å²) in [5.41, 5.74) is 6.14. The average Bonchev–Trinajstić information content (AvgIpc) is 3.72. The van der Waals surface area contributed by atoms with Crippen LogP contribution in [-0.2, 0) is 0 Å². The van der Waals surface area contributed by atoms with E-state index in [2.05, 4.69) is 25.6 Å². The van der Waals surface area contributed by atoms with Gasteiger partial charge in [0, 0.05) is 41.5 Å². The molecular formula is C30H26Cl2N6O2. The van der Waals surface area contributed by atoms with Gasteiger partial charge in [0.05, 0.1) is 59.9 Å². The van der Waals surface area contributed by atoms with Gasteiger partial charge in [0.15, 0.2) is 0 Å². The first-order valence-electron chi connectivity index (χ1n) is 12.8. The van der Waals surface area contributed by atoms with Crippen molar-refractivity contribution in [2.24, 2.45) is 9.98 Å². The Balaban J connectivity index is 1.39. The van der Waals surface area contributed by atoms with Crippen molar-refractivity contribution in [2.45, 2.75) is 0 Å². The molecule has 2 aliphatic heterocycles. The van der Waals surface area contributed by atoms with Crippen LogP contribution in [0.25, 0.3) is 33.6 Å². The molecular weight excluding hydrogens is 547 g/mol. The Morgan fingerprint density at radius 3 is 2.12 bits per heavy atom. The Morgan fingerprint density at radius 1 is 0.725 bits per heavy atom. The third-order valence-corrected chi connectivity index (χ3v) is 7.63. The second kappa shape index (κ2) is 11.2. The van der Waals surface area contributed by atoms with Crippen molar-refractivity contribution in [3.8, 4) is 45.3 Å². The molecule has 0 saturated heterocycles. The SMILES string of the molecule is COc1cc(-c2nccc(-c3cccc(-c4ccc(C5=NCCN5)c(OC)n4)c3Cl)c2Cl)ccc1C1=NCCN1. The van der Waals surface area contributed by atoms with Crippen LogP contribution < -0.4 is 20.1 Å². The third kappa shape index (κ3) is 4.74. The number of benzene rings is 2. The number of rotatable bonds is 7. The molecule has 2 aliphatic rings. The maximum atomic E-state index is 7.02.